The predicted octanol–water partition coefficient (Wildman–Crippen LogP) is 1.59. The molecule has 0 bridgehead atoms. The number of benzene rings is 1. The van der Waals surface area contributed by atoms with E-state index in [0.717, 1.165) is 19.4 Å². The fourth-order valence-electron chi connectivity index (χ4n) is 2.73. The molecule has 1 fully saturated rings. The quantitative estimate of drug-likeness (QED) is 0.926. The van der Waals surface area contributed by atoms with Gasteiger partial charge in [0, 0.05) is 18.0 Å². The lowest BCUT2D eigenvalue weighted by Crippen LogP contribution is -2.38. The van der Waals surface area contributed by atoms with Crippen LogP contribution in [-0.4, -0.2) is 47.0 Å². The van der Waals surface area contributed by atoms with Crippen molar-refractivity contribution in [3.63, 3.8) is 0 Å². The van der Waals surface area contributed by atoms with Crippen LogP contribution in [0.25, 0.3) is 10.9 Å². The molecule has 2 heterocycles. The van der Waals surface area contributed by atoms with Crippen molar-refractivity contribution < 1.29 is 9.28 Å². The molecule has 0 unspecified atom stereocenters. The number of amides is 1. The molecule has 1 atom stereocenters. The summed E-state index contributed by atoms with van der Waals surface area (Å²) < 4.78 is 13.6. The highest BCUT2D eigenvalue weighted by Gasteiger charge is 2.23. The summed E-state index contributed by atoms with van der Waals surface area (Å²) >= 11 is 0. The number of carbonyl (C=O) groups is 1. The average Bonchev–Trinajstić information content (AvgIpc) is 3.01. The van der Waals surface area contributed by atoms with Gasteiger partial charge in [-0.2, -0.15) is 0 Å². The number of carbonyl (C=O) groups excluding carboxylic acids is 1. The average molecular weight is 276 g/mol. The van der Waals surface area contributed by atoms with Gasteiger partial charge in [-0.1, -0.05) is 27.6 Å². The van der Waals surface area contributed by atoms with Crippen molar-refractivity contribution in [1.82, 2.24) is 20.2 Å². The van der Waals surface area contributed by atoms with Crippen LogP contribution in [0.4, 0.5) is 4.48 Å². The first-order chi connectivity index (χ1) is 9.66. The number of halogens is 1. The lowest BCUT2D eigenvalue weighted by Gasteiger charge is -2.19. The van der Waals surface area contributed by atoms with Crippen LogP contribution in [0, 0.1) is 0 Å². The van der Waals surface area contributed by atoms with E-state index < -0.39 is 0 Å². The third-order valence-corrected chi connectivity index (χ3v) is 3.93. The van der Waals surface area contributed by atoms with Crippen molar-refractivity contribution in [3.05, 3.63) is 30.0 Å². The van der Waals surface area contributed by atoms with Gasteiger partial charge >= 0.3 is 0 Å². The van der Waals surface area contributed by atoms with Crippen molar-refractivity contribution in [3.8, 4) is 0 Å². The summed E-state index contributed by atoms with van der Waals surface area (Å²) in [5.41, 5.74) is 0.458. The summed E-state index contributed by atoms with van der Waals surface area (Å²) in [7, 11) is 2.05. The van der Waals surface area contributed by atoms with Crippen LogP contribution in [0.1, 0.15) is 23.3 Å². The monoisotopic (exact) mass is 276 g/mol. The maximum absolute atomic E-state index is 13.6. The SMILES string of the molecule is CN1CCC[C@H]1CNC(=O)c1nn(F)c2ccccc12. The molecule has 1 N–H and O–H groups in total. The molecule has 0 aliphatic carbocycles. The zero-order valence-electron chi connectivity index (χ0n) is 11.3. The molecule has 2 aromatic rings. The summed E-state index contributed by atoms with van der Waals surface area (Å²) in [5.74, 6) is -0.321. The number of likely N-dealkylation sites (tertiary alicyclic amines) is 1. The summed E-state index contributed by atoms with van der Waals surface area (Å²) in [6.07, 6.45) is 2.23. The Kier molecular flexibility index (Phi) is 3.40. The Hall–Kier alpha value is -1.95. The van der Waals surface area contributed by atoms with Gasteiger partial charge < -0.3 is 10.2 Å². The number of aromatic nitrogens is 2. The largest absolute Gasteiger partial charge is 0.349 e. The molecule has 106 valence electrons. The van der Waals surface area contributed by atoms with Crippen LogP contribution >= 0.6 is 0 Å². The predicted molar refractivity (Wildman–Crippen MR) is 74.2 cm³/mol. The molecule has 1 aromatic carbocycles. The van der Waals surface area contributed by atoms with E-state index in [4.69, 9.17) is 0 Å². The van der Waals surface area contributed by atoms with Crippen LogP contribution in [0.3, 0.4) is 0 Å². The Morgan fingerprint density at radius 1 is 1.50 bits per heavy atom. The van der Waals surface area contributed by atoms with Crippen LogP contribution in [0.15, 0.2) is 24.3 Å². The van der Waals surface area contributed by atoms with E-state index in [2.05, 4.69) is 22.4 Å². The fourth-order valence-corrected chi connectivity index (χ4v) is 2.73. The topological polar surface area (TPSA) is 50.2 Å². The second kappa shape index (κ2) is 5.20. The minimum atomic E-state index is -0.321. The molecule has 3 rings (SSSR count). The van der Waals surface area contributed by atoms with Gasteiger partial charge in [-0.05, 0) is 32.5 Å². The second-order valence-electron chi connectivity index (χ2n) is 5.21. The molecule has 0 radical (unpaired) electrons. The Balaban J connectivity index is 1.76. The van der Waals surface area contributed by atoms with Crippen molar-refractivity contribution in [2.24, 2.45) is 0 Å². The van der Waals surface area contributed by atoms with E-state index in [9.17, 15) is 9.28 Å². The molecule has 6 heteroatoms. The first-order valence-corrected chi connectivity index (χ1v) is 6.79. The van der Waals surface area contributed by atoms with Gasteiger partial charge in [0.15, 0.2) is 5.69 Å². The molecule has 1 aromatic heterocycles. The van der Waals surface area contributed by atoms with E-state index in [-0.39, 0.29) is 16.5 Å². The van der Waals surface area contributed by atoms with Crippen molar-refractivity contribution in [2.75, 3.05) is 20.1 Å². The fraction of sp³-hybridized carbons (Fsp3) is 0.429. The van der Waals surface area contributed by atoms with Crippen LogP contribution in [-0.2, 0) is 0 Å². The van der Waals surface area contributed by atoms with Gasteiger partial charge in [0.1, 0.15) is 5.52 Å². The molecule has 0 saturated carbocycles. The number of para-hydroxylation sites is 1. The highest BCUT2D eigenvalue weighted by Crippen LogP contribution is 2.18. The summed E-state index contributed by atoms with van der Waals surface area (Å²) in [5, 5.41) is 7.07. The number of nitrogens with one attached hydrogen (secondary N) is 1. The second-order valence-corrected chi connectivity index (χ2v) is 5.21. The maximum Gasteiger partial charge on any atom is 0.272 e. The summed E-state index contributed by atoms with van der Waals surface area (Å²) in [6.45, 7) is 1.63. The summed E-state index contributed by atoms with van der Waals surface area (Å²) in [4.78, 5) is 14.6. The van der Waals surface area contributed by atoms with Gasteiger partial charge in [0.05, 0.1) is 0 Å². The lowest BCUT2D eigenvalue weighted by atomic mass is 10.2. The number of hydrogen-bond donors (Lipinski definition) is 1. The number of likely N-dealkylation sites (N-methyl/N-ethyl adjacent to an activating group) is 1. The molecule has 1 aliphatic heterocycles. The third kappa shape index (κ3) is 2.27. The van der Waals surface area contributed by atoms with E-state index >= 15 is 0 Å². The van der Waals surface area contributed by atoms with Gasteiger partial charge in [0.25, 0.3) is 5.91 Å². The van der Waals surface area contributed by atoms with Crippen LogP contribution in [0.2, 0.25) is 0 Å². The molecule has 1 aliphatic rings. The highest BCUT2D eigenvalue weighted by molar-refractivity contribution is 6.04. The molecule has 20 heavy (non-hydrogen) atoms. The van der Waals surface area contributed by atoms with Crippen molar-refractivity contribution in [2.45, 2.75) is 18.9 Å². The number of nitrogens with zero attached hydrogens (tertiary/aromatic N) is 3. The molecule has 5 nitrogen and oxygen atoms in total. The maximum atomic E-state index is 13.6. The Morgan fingerprint density at radius 2 is 2.30 bits per heavy atom. The molecular weight excluding hydrogens is 259 g/mol. The molecule has 1 saturated heterocycles. The smallest absolute Gasteiger partial charge is 0.272 e. The first kappa shape index (κ1) is 13.1. The zero-order valence-corrected chi connectivity index (χ0v) is 11.3. The third-order valence-electron chi connectivity index (χ3n) is 3.93. The van der Waals surface area contributed by atoms with Gasteiger partial charge in [-0.25, -0.2) is 0 Å². The Morgan fingerprint density at radius 3 is 3.05 bits per heavy atom. The molecular formula is C14H17FN4O. The molecule has 1 amide bonds. The van der Waals surface area contributed by atoms with Crippen LogP contribution in [0.5, 0.6) is 0 Å². The van der Waals surface area contributed by atoms with Crippen molar-refractivity contribution in [1.29, 1.82) is 0 Å². The number of rotatable bonds is 3. The Bertz CT molecular complexity index is 639. The van der Waals surface area contributed by atoms with E-state index in [1.807, 2.05) is 0 Å². The summed E-state index contributed by atoms with van der Waals surface area (Å²) in [6, 6.07) is 7.15. The van der Waals surface area contributed by atoms with Gasteiger partial charge in [-0.15, -0.1) is 5.10 Å². The Labute approximate surface area is 116 Å². The highest BCUT2D eigenvalue weighted by atomic mass is 19.2. The molecule has 0 spiro atoms. The normalized spacial score (nSPS) is 19.6. The number of fused-ring (bicyclic) bond motifs is 1. The van der Waals surface area contributed by atoms with Crippen molar-refractivity contribution >= 4 is 16.8 Å². The minimum Gasteiger partial charge on any atom is -0.349 e. The van der Waals surface area contributed by atoms with E-state index in [1.165, 1.54) is 0 Å². The minimum absolute atomic E-state index is 0.142. The van der Waals surface area contributed by atoms with Gasteiger partial charge in [-0.3, -0.25) is 4.79 Å². The first-order valence-electron chi connectivity index (χ1n) is 6.79. The number of hydrogen-bond acceptors (Lipinski definition) is 3. The lowest BCUT2D eigenvalue weighted by molar-refractivity contribution is 0.0937. The van der Waals surface area contributed by atoms with Crippen LogP contribution < -0.4 is 5.32 Å². The standard InChI is InChI=1S/C14H17FN4O/c1-18-8-4-5-10(18)9-16-14(20)13-11-6-2-3-7-12(11)19(15)17-13/h2-3,6-7,10H,4-5,8-9H2,1H3,(H,16,20)/t10-/m0/s1. The van der Waals surface area contributed by atoms with E-state index in [0.29, 0.717) is 23.5 Å². The van der Waals surface area contributed by atoms with E-state index in [1.54, 1.807) is 24.3 Å². The zero-order chi connectivity index (χ0) is 14.1. The van der Waals surface area contributed by atoms with Gasteiger partial charge in [0.2, 0.25) is 0 Å².